The van der Waals surface area contributed by atoms with E-state index in [1.165, 1.54) is 17.8 Å². The molecule has 19 heavy (non-hydrogen) atoms. The molecule has 1 aromatic carbocycles. The predicted molar refractivity (Wildman–Crippen MR) is 73.5 cm³/mol. The van der Waals surface area contributed by atoms with Crippen LogP contribution in [0.2, 0.25) is 0 Å². The van der Waals surface area contributed by atoms with Gasteiger partial charge in [-0.2, -0.15) is 0 Å². The fourth-order valence-corrected chi connectivity index (χ4v) is 2.59. The molecule has 1 atom stereocenters. The quantitative estimate of drug-likeness (QED) is 0.845. The second-order valence-electron chi connectivity index (χ2n) is 4.80. The summed E-state index contributed by atoms with van der Waals surface area (Å²) < 4.78 is 0. The summed E-state index contributed by atoms with van der Waals surface area (Å²) in [7, 11) is 0. The van der Waals surface area contributed by atoms with Gasteiger partial charge in [0.1, 0.15) is 0 Å². The Balaban J connectivity index is 2.03. The number of aromatic amines is 1. The van der Waals surface area contributed by atoms with Crippen LogP contribution in [0.3, 0.4) is 0 Å². The lowest BCUT2D eigenvalue weighted by Gasteiger charge is -2.22. The lowest BCUT2D eigenvalue weighted by Crippen LogP contribution is -2.36. The van der Waals surface area contributed by atoms with Crippen LogP contribution in [-0.4, -0.2) is 16.9 Å². The predicted octanol–water partition coefficient (Wildman–Crippen LogP) is 1.97. The minimum atomic E-state index is -0.258. The van der Waals surface area contributed by atoms with Crippen molar-refractivity contribution in [3.63, 3.8) is 0 Å². The molecule has 0 fully saturated rings. The van der Waals surface area contributed by atoms with Crippen molar-refractivity contribution in [2.24, 2.45) is 0 Å². The number of para-hydroxylation sites is 1. The largest absolute Gasteiger partial charge is 0.329 e. The highest BCUT2D eigenvalue weighted by molar-refractivity contribution is 6.07. The van der Waals surface area contributed by atoms with Crippen LogP contribution in [0, 0.1) is 0 Å². The lowest BCUT2D eigenvalue weighted by atomic mass is 10.1. The number of anilines is 1. The molecule has 96 valence electrons. The minimum Gasteiger partial charge on any atom is -0.329 e. The van der Waals surface area contributed by atoms with Crippen molar-refractivity contribution >= 4 is 11.6 Å². The number of nitrogens with zero attached hydrogens (tertiary/aromatic N) is 1. The van der Waals surface area contributed by atoms with E-state index in [1.54, 1.807) is 11.0 Å². The van der Waals surface area contributed by atoms with Crippen LogP contribution >= 0.6 is 0 Å². The molecule has 4 heteroatoms. The first-order valence-corrected chi connectivity index (χ1v) is 6.27. The van der Waals surface area contributed by atoms with Gasteiger partial charge in [-0.1, -0.05) is 18.2 Å². The average Bonchev–Trinajstić information content (AvgIpc) is 2.74. The van der Waals surface area contributed by atoms with Gasteiger partial charge in [-0.15, -0.1) is 0 Å². The molecule has 0 spiro atoms. The number of aromatic nitrogens is 1. The van der Waals surface area contributed by atoms with Crippen LogP contribution in [0.5, 0.6) is 0 Å². The Morgan fingerprint density at radius 2 is 2.11 bits per heavy atom. The Kier molecular flexibility index (Phi) is 2.71. The molecule has 1 amide bonds. The van der Waals surface area contributed by atoms with Gasteiger partial charge in [0.25, 0.3) is 5.91 Å². The summed E-state index contributed by atoms with van der Waals surface area (Å²) in [4.78, 5) is 28.1. The second-order valence-corrected chi connectivity index (χ2v) is 4.80. The first-order valence-electron chi connectivity index (χ1n) is 6.27. The number of amides is 1. The number of fused-ring (bicyclic) bond motifs is 1. The highest BCUT2D eigenvalue weighted by Crippen LogP contribution is 2.32. The molecule has 0 saturated heterocycles. The fourth-order valence-electron chi connectivity index (χ4n) is 2.59. The normalized spacial score (nSPS) is 17.3. The van der Waals surface area contributed by atoms with Gasteiger partial charge in [0.2, 0.25) is 5.56 Å². The van der Waals surface area contributed by atoms with Gasteiger partial charge >= 0.3 is 0 Å². The van der Waals surface area contributed by atoms with E-state index in [0.29, 0.717) is 5.56 Å². The third kappa shape index (κ3) is 1.95. The summed E-state index contributed by atoms with van der Waals surface area (Å²) in [5, 5.41) is 0. The Hall–Kier alpha value is -2.36. The van der Waals surface area contributed by atoms with Crippen LogP contribution in [0.25, 0.3) is 0 Å². The third-order valence-corrected chi connectivity index (χ3v) is 3.45. The SMILES string of the molecule is CC1Cc2ccccc2N1C(=O)c1cc[nH]c(=O)c1. The Morgan fingerprint density at radius 3 is 2.89 bits per heavy atom. The smallest absolute Gasteiger partial charge is 0.258 e. The van der Waals surface area contributed by atoms with Crippen LogP contribution < -0.4 is 10.5 Å². The van der Waals surface area contributed by atoms with Crippen LogP contribution in [0.4, 0.5) is 5.69 Å². The maximum atomic E-state index is 12.5. The molecule has 3 rings (SSSR count). The van der Waals surface area contributed by atoms with Crippen LogP contribution in [0.1, 0.15) is 22.8 Å². The van der Waals surface area contributed by atoms with Gasteiger partial charge in [-0.05, 0) is 31.0 Å². The van der Waals surface area contributed by atoms with E-state index in [2.05, 4.69) is 4.98 Å². The van der Waals surface area contributed by atoms with Gasteiger partial charge < -0.3 is 9.88 Å². The van der Waals surface area contributed by atoms with Crippen molar-refractivity contribution in [2.45, 2.75) is 19.4 Å². The van der Waals surface area contributed by atoms with E-state index in [4.69, 9.17) is 0 Å². The summed E-state index contributed by atoms with van der Waals surface area (Å²) in [5.41, 5.74) is 2.28. The zero-order valence-corrected chi connectivity index (χ0v) is 10.6. The Morgan fingerprint density at radius 1 is 1.32 bits per heavy atom. The van der Waals surface area contributed by atoms with Gasteiger partial charge in [0.15, 0.2) is 0 Å². The number of carbonyl (C=O) groups excluding carboxylic acids is 1. The minimum absolute atomic E-state index is 0.115. The van der Waals surface area contributed by atoms with Gasteiger partial charge in [0, 0.05) is 29.6 Å². The number of benzene rings is 1. The fraction of sp³-hybridized carbons (Fsp3) is 0.200. The van der Waals surface area contributed by atoms with Gasteiger partial charge in [-0.3, -0.25) is 9.59 Å². The number of nitrogens with one attached hydrogen (secondary N) is 1. The average molecular weight is 254 g/mol. The molecule has 0 radical (unpaired) electrons. The van der Waals surface area contributed by atoms with E-state index in [1.807, 2.05) is 31.2 Å². The second kappa shape index (κ2) is 4.39. The van der Waals surface area contributed by atoms with Crippen LogP contribution in [0.15, 0.2) is 47.4 Å². The summed E-state index contributed by atoms with van der Waals surface area (Å²) in [6, 6.07) is 11.0. The van der Waals surface area contributed by atoms with E-state index >= 15 is 0 Å². The van der Waals surface area contributed by atoms with E-state index in [-0.39, 0.29) is 17.5 Å². The number of H-pyrrole nitrogens is 1. The highest BCUT2D eigenvalue weighted by Gasteiger charge is 2.31. The van der Waals surface area contributed by atoms with Crippen molar-refractivity contribution in [2.75, 3.05) is 4.90 Å². The van der Waals surface area contributed by atoms with Crippen molar-refractivity contribution in [1.82, 2.24) is 4.98 Å². The number of pyridine rings is 1. The molecule has 0 aliphatic carbocycles. The van der Waals surface area contributed by atoms with Gasteiger partial charge in [-0.25, -0.2) is 0 Å². The lowest BCUT2D eigenvalue weighted by molar-refractivity contribution is 0.0981. The third-order valence-electron chi connectivity index (χ3n) is 3.45. The molecule has 1 aliphatic rings. The molecule has 1 unspecified atom stereocenters. The maximum Gasteiger partial charge on any atom is 0.258 e. The van der Waals surface area contributed by atoms with E-state index in [9.17, 15) is 9.59 Å². The van der Waals surface area contributed by atoms with E-state index in [0.717, 1.165) is 12.1 Å². The molecule has 2 aromatic rings. The first kappa shape index (κ1) is 11.7. The summed E-state index contributed by atoms with van der Waals surface area (Å²) in [6.07, 6.45) is 2.35. The number of carbonyl (C=O) groups is 1. The van der Waals surface area contributed by atoms with Crippen molar-refractivity contribution in [1.29, 1.82) is 0 Å². The molecule has 2 heterocycles. The maximum absolute atomic E-state index is 12.5. The topological polar surface area (TPSA) is 53.2 Å². The zero-order valence-electron chi connectivity index (χ0n) is 10.6. The zero-order chi connectivity index (χ0) is 13.4. The molecule has 4 nitrogen and oxygen atoms in total. The number of hydrogen-bond donors (Lipinski definition) is 1. The van der Waals surface area contributed by atoms with Crippen molar-refractivity contribution in [3.8, 4) is 0 Å². The monoisotopic (exact) mass is 254 g/mol. The molecule has 0 saturated carbocycles. The molecule has 0 bridgehead atoms. The molecule has 1 aromatic heterocycles. The molecular formula is C15H14N2O2. The Labute approximate surface area is 110 Å². The van der Waals surface area contributed by atoms with E-state index < -0.39 is 0 Å². The van der Waals surface area contributed by atoms with Gasteiger partial charge in [0.05, 0.1) is 0 Å². The van der Waals surface area contributed by atoms with Crippen molar-refractivity contribution in [3.05, 3.63) is 64.1 Å². The summed E-state index contributed by atoms with van der Waals surface area (Å²) in [5.74, 6) is -0.122. The Bertz CT molecular complexity index is 690. The number of rotatable bonds is 1. The molecular weight excluding hydrogens is 240 g/mol. The standard InChI is InChI=1S/C15H14N2O2/c1-10-8-11-4-2-3-5-13(11)17(10)15(19)12-6-7-16-14(18)9-12/h2-7,9-10H,8H2,1H3,(H,16,18). The van der Waals surface area contributed by atoms with Crippen LogP contribution in [-0.2, 0) is 6.42 Å². The first-order chi connectivity index (χ1) is 9.16. The number of hydrogen-bond acceptors (Lipinski definition) is 2. The van der Waals surface area contributed by atoms with Crippen molar-refractivity contribution < 1.29 is 4.79 Å². The summed E-state index contributed by atoms with van der Waals surface area (Å²) in [6.45, 7) is 2.02. The molecule has 1 aliphatic heterocycles. The highest BCUT2D eigenvalue weighted by atomic mass is 16.2. The molecule has 1 N–H and O–H groups in total. The summed E-state index contributed by atoms with van der Waals surface area (Å²) >= 11 is 0.